The quantitative estimate of drug-likeness (QED) is 0.842. The molecular weight excluding hydrogens is 218 g/mol. The summed E-state index contributed by atoms with van der Waals surface area (Å²) < 4.78 is 26.2. The van der Waals surface area contributed by atoms with E-state index in [-0.39, 0.29) is 5.25 Å². The molecule has 82 valence electrons. The van der Waals surface area contributed by atoms with E-state index in [0.717, 1.165) is 31.4 Å². The summed E-state index contributed by atoms with van der Waals surface area (Å²) in [7, 11) is 0. The van der Waals surface area contributed by atoms with Crippen LogP contribution in [0.2, 0.25) is 0 Å². The van der Waals surface area contributed by atoms with E-state index in [0.29, 0.717) is 4.90 Å². The Kier molecular flexibility index (Phi) is 3.26. The number of aliphatic hydroxyl groups is 1. The van der Waals surface area contributed by atoms with Gasteiger partial charge in [0.25, 0.3) is 0 Å². The number of halogens is 2. The zero-order chi connectivity index (χ0) is 10.8. The predicted octanol–water partition coefficient (Wildman–Crippen LogP) is 2.97. The summed E-state index contributed by atoms with van der Waals surface area (Å²) in [6.45, 7) is 0. The van der Waals surface area contributed by atoms with E-state index in [4.69, 9.17) is 0 Å². The molecule has 1 fully saturated rings. The molecule has 1 saturated carbocycles. The Labute approximate surface area is 91.5 Å². The van der Waals surface area contributed by atoms with Gasteiger partial charge in [0.15, 0.2) is 0 Å². The van der Waals surface area contributed by atoms with Crippen LogP contribution >= 0.6 is 11.8 Å². The minimum atomic E-state index is -0.439. The van der Waals surface area contributed by atoms with Crippen molar-refractivity contribution < 1.29 is 13.9 Å². The van der Waals surface area contributed by atoms with Crippen LogP contribution in [0.15, 0.2) is 23.1 Å². The molecular formula is C11H12F2OS. The number of rotatable bonds is 2. The van der Waals surface area contributed by atoms with Gasteiger partial charge in [-0.1, -0.05) is 0 Å². The van der Waals surface area contributed by atoms with Crippen LogP contribution in [0.25, 0.3) is 0 Å². The predicted molar refractivity (Wildman–Crippen MR) is 55.9 cm³/mol. The molecule has 15 heavy (non-hydrogen) atoms. The van der Waals surface area contributed by atoms with E-state index in [1.165, 1.54) is 17.8 Å². The normalized spacial score (nSPS) is 25.8. The zero-order valence-electron chi connectivity index (χ0n) is 8.12. The molecule has 0 bridgehead atoms. The monoisotopic (exact) mass is 230 g/mol. The standard InChI is InChI=1S/C11H12F2OS/c12-7-4-5-8(13)11(6-7)15-10-3-1-2-9(10)14/h4-6,9-10,14H,1-3H2/t9-,10-/m0/s1. The number of hydrogen-bond acceptors (Lipinski definition) is 2. The van der Waals surface area contributed by atoms with E-state index in [1.54, 1.807) is 0 Å². The maximum Gasteiger partial charge on any atom is 0.136 e. The smallest absolute Gasteiger partial charge is 0.136 e. The lowest BCUT2D eigenvalue weighted by atomic mass is 10.3. The lowest BCUT2D eigenvalue weighted by molar-refractivity contribution is 0.188. The fourth-order valence-corrected chi connectivity index (χ4v) is 3.04. The average Bonchev–Trinajstić information content (AvgIpc) is 2.58. The largest absolute Gasteiger partial charge is 0.392 e. The number of thioether (sulfide) groups is 1. The Hall–Kier alpha value is -0.610. The maximum absolute atomic E-state index is 13.3. The van der Waals surface area contributed by atoms with Gasteiger partial charge < -0.3 is 5.11 Å². The molecule has 0 amide bonds. The molecule has 0 heterocycles. The number of hydrogen-bond donors (Lipinski definition) is 1. The van der Waals surface area contributed by atoms with Gasteiger partial charge in [-0.3, -0.25) is 0 Å². The molecule has 2 atom stereocenters. The first kappa shape index (κ1) is 10.9. The van der Waals surface area contributed by atoms with Crippen molar-refractivity contribution in [3.63, 3.8) is 0 Å². The molecule has 0 spiro atoms. The second-order valence-corrected chi connectivity index (χ2v) is 5.01. The highest BCUT2D eigenvalue weighted by Gasteiger charge is 2.26. The topological polar surface area (TPSA) is 20.2 Å². The van der Waals surface area contributed by atoms with E-state index in [9.17, 15) is 13.9 Å². The van der Waals surface area contributed by atoms with Crippen molar-refractivity contribution >= 4 is 11.8 Å². The Balaban J connectivity index is 2.12. The second-order valence-electron chi connectivity index (χ2n) is 3.73. The summed E-state index contributed by atoms with van der Waals surface area (Å²) in [6, 6.07) is 3.41. The first-order valence-electron chi connectivity index (χ1n) is 4.96. The van der Waals surface area contributed by atoms with Crippen molar-refractivity contribution in [1.29, 1.82) is 0 Å². The lowest BCUT2D eigenvalue weighted by Gasteiger charge is -2.14. The van der Waals surface area contributed by atoms with Gasteiger partial charge in [-0.05, 0) is 37.5 Å². The van der Waals surface area contributed by atoms with Gasteiger partial charge in [0.1, 0.15) is 11.6 Å². The van der Waals surface area contributed by atoms with Crippen molar-refractivity contribution in [2.24, 2.45) is 0 Å². The highest BCUT2D eigenvalue weighted by atomic mass is 32.2. The zero-order valence-corrected chi connectivity index (χ0v) is 8.94. The minimum absolute atomic E-state index is 0.00120. The summed E-state index contributed by atoms with van der Waals surface area (Å²) in [5.74, 6) is -0.855. The summed E-state index contributed by atoms with van der Waals surface area (Å²) >= 11 is 1.24. The van der Waals surface area contributed by atoms with Gasteiger partial charge in [-0.25, -0.2) is 8.78 Å². The first-order chi connectivity index (χ1) is 7.16. The number of benzene rings is 1. The SMILES string of the molecule is O[C@H]1CCC[C@@H]1Sc1cc(F)ccc1F. The van der Waals surface area contributed by atoms with Crippen LogP contribution in [0.3, 0.4) is 0 Å². The van der Waals surface area contributed by atoms with Gasteiger partial charge in [-0.15, -0.1) is 11.8 Å². The fraction of sp³-hybridized carbons (Fsp3) is 0.455. The molecule has 0 radical (unpaired) electrons. The van der Waals surface area contributed by atoms with Crippen molar-refractivity contribution in [1.82, 2.24) is 0 Å². The molecule has 1 N–H and O–H groups in total. The van der Waals surface area contributed by atoms with E-state index in [1.807, 2.05) is 0 Å². The second kappa shape index (κ2) is 4.49. The first-order valence-corrected chi connectivity index (χ1v) is 5.84. The van der Waals surface area contributed by atoms with E-state index in [2.05, 4.69) is 0 Å². The third-order valence-electron chi connectivity index (χ3n) is 2.59. The van der Waals surface area contributed by atoms with Crippen LogP contribution in [0.5, 0.6) is 0 Å². The molecule has 0 aliphatic heterocycles. The van der Waals surface area contributed by atoms with E-state index < -0.39 is 17.7 Å². The Morgan fingerprint density at radius 2 is 2.07 bits per heavy atom. The Morgan fingerprint density at radius 3 is 2.73 bits per heavy atom. The van der Waals surface area contributed by atoms with Crippen LogP contribution in [-0.2, 0) is 0 Å². The highest BCUT2D eigenvalue weighted by Crippen LogP contribution is 2.36. The van der Waals surface area contributed by atoms with Crippen molar-refractivity contribution in [2.75, 3.05) is 0 Å². The van der Waals surface area contributed by atoms with Crippen LogP contribution in [0, 0.1) is 11.6 Å². The third kappa shape index (κ3) is 2.49. The molecule has 1 nitrogen and oxygen atoms in total. The lowest BCUT2D eigenvalue weighted by Crippen LogP contribution is -2.15. The van der Waals surface area contributed by atoms with Gasteiger partial charge in [0, 0.05) is 10.1 Å². The molecule has 1 aliphatic rings. The molecule has 1 aromatic rings. The summed E-state index contributed by atoms with van der Waals surface area (Å²) in [4.78, 5) is 0.293. The molecule has 0 aromatic heterocycles. The molecule has 0 unspecified atom stereocenters. The van der Waals surface area contributed by atoms with Crippen molar-refractivity contribution in [3.8, 4) is 0 Å². The average molecular weight is 230 g/mol. The van der Waals surface area contributed by atoms with Gasteiger partial charge in [-0.2, -0.15) is 0 Å². The van der Waals surface area contributed by atoms with Crippen LogP contribution in [0.1, 0.15) is 19.3 Å². The Morgan fingerprint density at radius 1 is 1.27 bits per heavy atom. The van der Waals surface area contributed by atoms with Crippen LogP contribution in [-0.4, -0.2) is 16.5 Å². The third-order valence-corrected chi connectivity index (χ3v) is 4.01. The molecule has 0 saturated heterocycles. The van der Waals surface area contributed by atoms with Gasteiger partial charge in [0.2, 0.25) is 0 Å². The van der Waals surface area contributed by atoms with Crippen molar-refractivity contribution in [2.45, 2.75) is 35.5 Å². The maximum atomic E-state index is 13.3. The van der Waals surface area contributed by atoms with Crippen LogP contribution in [0.4, 0.5) is 8.78 Å². The Bertz CT molecular complexity index is 356. The summed E-state index contributed by atoms with van der Waals surface area (Å²) in [5.41, 5.74) is 0. The molecule has 1 aromatic carbocycles. The van der Waals surface area contributed by atoms with Crippen LogP contribution < -0.4 is 0 Å². The molecule has 4 heteroatoms. The molecule has 1 aliphatic carbocycles. The summed E-state index contributed by atoms with van der Waals surface area (Å²) in [5, 5.41) is 9.57. The van der Waals surface area contributed by atoms with Gasteiger partial charge >= 0.3 is 0 Å². The fourth-order valence-electron chi connectivity index (χ4n) is 1.77. The van der Waals surface area contributed by atoms with Gasteiger partial charge in [0.05, 0.1) is 6.10 Å². The van der Waals surface area contributed by atoms with E-state index >= 15 is 0 Å². The summed E-state index contributed by atoms with van der Waals surface area (Å²) in [6.07, 6.45) is 2.18. The highest BCUT2D eigenvalue weighted by molar-refractivity contribution is 8.00. The minimum Gasteiger partial charge on any atom is -0.392 e. The molecule has 2 rings (SSSR count). The van der Waals surface area contributed by atoms with Crippen molar-refractivity contribution in [3.05, 3.63) is 29.8 Å². The number of aliphatic hydroxyl groups excluding tert-OH is 1.